The summed E-state index contributed by atoms with van der Waals surface area (Å²) in [5, 5.41) is 3.12. The molecule has 0 aliphatic carbocycles. The maximum Gasteiger partial charge on any atom is 0.329 e. The first-order valence-electron chi connectivity index (χ1n) is 11.0. The summed E-state index contributed by atoms with van der Waals surface area (Å²) >= 11 is 0. The van der Waals surface area contributed by atoms with Crippen LogP contribution in [0.3, 0.4) is 0 Å². The minimum atomic E-state index is -0.895. The second-order valence-electron chi connectivity index (χ2n) is 10.5. The third-order valence-electron chi connectivity index (χ3n) is 6.88. The van der Waals surface area contributed by atoms with Gasteiger partial charge >= 0.3 is 6.03 Å². The van der Waals surface area contributed by atoms with Gasteiger partial charge in [-0.1, -0.05) is 42.5 Å². The monoisotopic (exact) mass is 419 g/mol. The predicted octanol–water partition coefficient (Wildman–Crippen LogP) is 4.95. The van der Waals surface area contributed by atoms with Crippen molar-refractivity contribution < 1.29 is 9.59 Å². The zero-order valence-corrected chi connectivity index (χ0v) is 19.5. The van der Waals surface area contributed by atoms with Crippen LogP contribution in [0, 0.1) is 13.8 Å². The second-order valence-corrected chi connectivity index (χ2v) is 10.5. The normalized spacial score (nSPS) is 22.1. The number of hydrogen-bond acceptors (Lipinski definition) is 3. The van der Waals surface area contributed by atoms with Crippen LogP contribution in [0.5, 0.6) is 0 Å². The summed E-state index contributed by atoms with van der Waals surface area (Å²) in [5.74, 6) is -0.133. The highest BCUT2D eigenvalue weighted by atomic mass is 16.2. The number of likely N-dealkylation sites (tertiary alicyclic amines) is 1. The molecule has 1 spiro atoms. The Kier molecular flexibility index (Phi) is 5.01. The second kappa shape index (κ2) is 7.20. The van der Waals surface area contributed by atoms with Crippen LogP contribution < -0.4 is 10.2 Å². The number of carbonyl (C=O) groups is 2. The molecule has 2 fully saturated rings. The zero-order chi connectivity index (χ0) is 22.6. The van der Waals surface area contributed by atoms with E-state index in [1.807, 2.05) is 38.1 Å². The highest BCUT2D eigenvalue weighted by Gasteiger charge is 2.61. The third-order valence-corrected chi connectivity index (χ3v) is 6.88. The van der Waals surface area contributed by atoms with E-state index in [0.717, 1.165) is 17.7 Å². The van der Waals surface area contributed by atoms with E-state index in [-0.39, 0.29) is 23.0 Å². The number of anilines is 1. The molecule has 2 aliphatic rings. The highest BCUT2D eigenvalue weighted by molar-refractivity contribution is 6.23. The number of piperidine rings is 1. The maximum atomic E-state index is 13.8. The average Bonchev–Trinajstić information content (AvgIpc) is 2.89. The molecule has 31 heavy (non-hydrogen) atoms. The number of nitrogens with one attached hydrogen (secondary N) is 1. The molecule has 2 aromatic carbocycles. The van der Waals surface area contributed by atoms with Crippen molar-refractivity contribution in [1.29, 1.82) is 0 Å². The summed E-state index contributed by atoms with van der Waals surface area (Å²) in [5.41, 5.74) is 2.43. The Morgan fingerprint density at radius 3 is 2.13 bits per heavy atom. The molecule has 164 valence electrons. The minimum absolute atomic E-state index is 0.133. The first-order valence-corrected chi connectivity index (χ1v) is 11.0. The molecule has 5 nitrogen and oxygen atoms in total. The van der Waals surface area contributed by atoms with Gasteiger partial charge in [-0.2, -0.15) is 0 Å². The largest absolute Gasteiger partial charge is 0.329 e. The number of nitrogens with zero attached hydrogens (tertiary/aromatic N) is 2. The van der Waals surface area contributed by atoms with Gasteiger partial charge in [-0.3, -0.25) is 9.69 Å². The molecule has 0 aromatic heterocycles. The Morgan fingerprint density at radius 1 is 0.903 bits per heavy atom. The smallest absolute Gasteiger partial charge is 0.323 e. The lowest BCUT2D eigenvalue weighted by Crippen LogP contribution is -2.69. The molecule has 2 aliphatic heterocycles. The van der Waals surface area contributed by atoms with Crippen molar-refractivity contribution in [3.8, 4) is 0 Å². The summed E-state index contributed by atoms with van der Waals surface area (Å²) in [7, 11) is 0. The summed E-state index contributed by atoms with van der Waals surface area (Å²) in [6, 6.07) is 16.0. The molecule has 5 heteroatoms. The number of amides is 3. The molecule has 0 atom stereocenters. The minimum Gasteiger partial charge on any atom is -0.323 e. The summed E-state index contributed by atoms with van der Waals surface area (Å²) in [4.78, 5) is 30.8. The standard InChI is InChI=1S/C26H33N3O2/c1-18-12-13-19(2)21(14-18)29-22(30)26(27-23(29)31)16-24(3,4)28(25(5,6)17-26)15-20-10-8-7-9-11-20/h7-14H,15-17H2,1-6H3,(H,27,31). The van der Waals surface area contributed by atoms with Crippen molar-refractivity contribution in [3.05, 3.63) is 65.2 Å². The molecular weight excluding hydrogens is 386 g/mol. The van der Waals surface area contributed by atoms with Gasteiger partial charge in [0.05, 0.1) is 5.69 Å². The van der Waals surface area contributed by atoms with Gasteiger partial charge in [0.2, 0.25) is 0 Å². The highest BCUT2D eigenvalue weighted by Crippen LogP contribution is 2.47. The number of urea groups is 1. The van der Waals surface area contributed by atoms with Crippen molar-refractivity contribution >= 4 is 17.6 Å². The van der Waals surface area contributed by atoms with Gasteiger partial charge in [0.15, 0.2) is 0 Å². The Labute approximate surface area is 185 Å². The van der Waals surface area contributed by atoms with E-state index < -0.39 is 5.54 Å². The lowest BCUT2D eigenvalue weighted by molar-refractivity contribution is -0.133. The molecule has 2 saturated heterocycles. The van der Waals surface area contributed by atoms with Gasteiger partial charge in [0, 0.05) is 17.6 Å². The van der Waals surface area contributed by atoms with Gasteiger partial charge in [0.25, 0.3) is 5.91 Å². The molecule has 0 unspecified atom stereocenters. The van der Waals surface area contributed by atoms with E-state index in [9.17, 15) is 9.59 Å². The molecule has 4 rings (SSSR count). The number of imide groups is 1. The number of rotatable bonds is 3. The van der Waals surface area contributed by atoms with Crippen LogP contribution in [0.4, 0.5) is 10.5 Å². The average molecular weight is 420 g/mol. The van der Waals surface area contributed by atoms with Gasteiger partial charge in [-0.05, 0) is 77.1 Å². The number of benzene rings is 2. The SMILES string of the molecule is Cc1ccc(C)c(N2C(=O)NC3(CC(C)(C)N(Cc4ccccc4)C(C)(C)C3)C2=O)c1. The van der Waals surface area contributed by atoms with E-state index >= 15 is 0 Å². The molecule has 0 bridgehead atoms. The van der Waals surface area contributed by atoms with Crippen LogP contribution in [-0.2, 0) is 11.3 Å². The van der Waals surface area contributed by atoms with Crippen LogP contribution in [0.2, 0.25) is 0 Å². The summed E-state index contributed by atoms with van der Waals surface area (Å²) < 4.78 is 0. The fourth-order valence-electron chi connectivity index (χ4n) is 5.78. The third kappa shape index (κ3) is 3.65. The van der Waals surface area contributed by atoms with E-state index in [1.54, 1.807) is 0 Å². The maximum absolute atomic E-state index is 13.8. The van der Waals surface area contributed by atoms with Gasteiger partial charge in [-0.15, -0.1) is 0 Å². The topological polar surface area (TPSA) is 52.7 Å². The molecule has 2 aromatic rings. The molecule has 1 N–H and O–H groups in total. The van der Waals surface area contributed by atoms with Gasteiger partial charge < -0.3 is 5.32 Å². The lowest BCUT2D eigenvalue weighted by Gasteiger charge is -2.57. The molecule has 0 saturated carbocycles. The Balaban J connectivity index is 1.69. The number of hydrogen-bond donors (Lipinski definition) is 1. The molecular formula is C26H33N3O2. The first kappa shape index (κ1) is 21.6. The first-order chi connectivity index (χ1) is 14.5. The van der Waals surface area contributed by atoms with E-state index in [0.29, 0.717) is 18.5 Å². The Hall–Kier alpha value is -2.66. The molecule has 3 amide bonds. The predicted molar refractivity (Wildman–Crippen MR) is 124 cm³/mol. The number of aryl methyl sites for hydroxylation is 2. The van der Waals surface area contributed by atoms with Gasteiger partial charge in [-0.25, -0.2) is 9.69 Å². The van der Waals surface area contributed by atoms with Crippen molar-refractivity contribution in [2.45, 2.75) is 77.5 Å². The lowest BCUT2D eigenvalue weighted by atomic mass is 9.68. The van der Waals surface area contributed by atoms with Crippen molar-refractivity contribution in [3.63, 3.8) is 0 Å². The van der Waals surface area contributed by atoms with Crippen LogP contribution >= 0.6 is 0 Å². The Morgan fingerprint density at radius 2 is 1.52 bits per heavy atom. The van der Waals surface area contributed by atoms with Crippen LogP contribution in [-0.4, -0.2) is 33.5 Å². The van der Waals surface area contributed by atoms with Gasteiger partial charge in [0.1, 0.15) is 5.54 Å². The fourth-order valence-corrected chi connectivity index (χ4v) is 5.78. The number of carbonyl (C=O) groups excluding carboxylic acids is 2. The zero-order valence-electron chi connectivity index (χ0n) is 19.5. The van der Waals surface area contributed by atoms with E-state index in [4.69, 9.17) is 0 Å². The van der Waals surface area contributed by atoms with Crippen LogP contribution in [0.15, 0.2) is 48.5 Å². The quantitative estimate of drug-likeness (QED) is 0.716. The van der Waals surface area contributed by atoms with Crippen LogP contribution in [0.25, 0.3) is 0 Å². The van der Waals surface area contributed by atoms with Crippen LogP contribution in [0.1, 0.15) is 57.2 Å². The summed E-state index contributed by atoms with van der Waals surface area (Å²) in [6.07, 6.45) is 1.14. The van der Waals surface area contributed by atoms with Crippen molar-refractivity contribution in [2.75, 3.05) is 4.90 Å². The molecule has 0 radical (unpaired) electrons. The Bertz CT molecular complexity index is 1010. The molecule has 2 heterocycles. The summed E-state index contributed by atoms with van der Waals surface area (Å²) in [6.45, 7) is 13.4. The van der Waals surface area contributed by atoms with Crippen molar-refractivity contribution in [2.24, 2.45) is 0 Å². The van der Waals surface area contributed by atoms with E-state index in [1.165, 1.54) is 10.5 Å². The fraction of sp³-hybridized carbons (Fsp3) is 0.462. The van der Waals surface area contributed by atoms with Crippen molar-refractivity contribution in [1.82, 2.24) is 10.2 Å². The van der Waals surface area contributed by atoms with E-state index in [2.05, 4.69) is 62.2 Å².